The summed E-state index contributed by atoms with van der Waals surface area (Å²) in [6, 6.07) is 10.7. The lowest BCUT2D eigenvalue weighted by molar-refractivity contribution is 0.0179. The molecule has 0 aliphatic carbocycles. The summed E-state index contributed by atoms with van der Waals surface area (Å²) in [6.07, 6.45) is 4.57. The van der Waals surface area contributed by atoms with E-state index in [1.165, 1.54) is 12.1 Å². The first-order valence-electron chi connectivity index (χ1n) is 10.4. The van der Waals surface area contributed by atoms with E-state index in [1.807, 2.05) is 24.3 Å². The molecule has 3 rings (SSSR count). The van der Waals surface area contributed by atoms with Crippen LogP contribution in [0.3, 0.4) is 0 Å². The van der Waals surface area contributed by atoms with E-state index >= 15 is 0 Å². The van der Waals surface area contributed by atoms with Gasteiger partial charge in [0, 0.05) is 38.4 Å². The number of guanidine groups is 1. The fraction of sp³-hybridized carbons (Fsp3) is 0.500. The molecule has 1 aliphatic rings. The van der Waals surface area contributed by atoms with Crippen LogP contribution in [0.1, 0.15) is 17.4 Å². The van der Waals surface area contributed by atoms with Gasteiger partial charge in [-0.2, -0.15) is 11.8 Å². The number of thioether (sulfide) groups is 1. The quantitative estimate of drug-likeness (QED) is 0.341. The third-order valence-corrected chi connectivity index (χ3v) is 5.62. The molecule has 1 unspecified atom stereocenters. The summed E-state index contributed by atoms with van der Waals surface area (Å²) in [5.41, 5.74) is 1.07. The molecule has 2 heterocycles. The largest absolute Gasteiger partial charge is 0.469 e. The minimum Gasteiger partial charge on any atom is -0.469 e. The molecule has 30 heavy (non-hydrogen) atoms. The van der Waals surface area contributed by atoms with Gasteiger partial charge in [-0.25, -0.2) is 4.39 Å². The Bertz CT molecular complexity index is 749. The summed E-state index contributed by atoms with van der Waals surface area (Å²) in [5.74, 6) is 2.52. The highest BCUT2D eigenvalue weighted by atomic mass is 32.2. The van der Waals surface area contributed by atoms with Crippen LogP contribution >= 0.6 is 11.8 Å². The van der Waals surface area contributed by atoms with Crippen LogP contribution < -0.4 is 10.6 Å². The van der Waals surface area contributed by atoms with Crippen LogP contribution in [0.15, 0.2) is 52.1 Å². The third kappa shape index (κ3) is 7.34. The predicted molar refractivity (Wildman–Crippen MR) is 121 cm³/mol. The van der Waals surface area contributed by atoms with Crippen molar-refractivity contribution in [3.05, 3.63) is 59.8 Å². The number of hydrogen-bond donors (Lipinski definition) is 2. The number of rotatable bonds is 10. The van der Waals surface area contributed by atoms with Crippen LogP contribution in [-0.2, 0) is 11.2 Å². The minimum absolute atomic E-state index is 0.0822. The van der Waals surface area contributed by atoms with Gasteiger partial charge in [-0.15, -0.1) is 0 Å². The molecule has 1 saturated heterocycles. The van der Waals surface area contributed by atoms with Gasteiger partial charge in [-0.05, 0) is 36.1 Å². The second-order valence-electron chi connectivity index (χ2n) is 7.08. The van der Waals surface area contributed by atoms with Gasteiger partial charge in [0.05, 0.1) is 32.1 Å². The molecule has 1 atom stereocenters. The maximum Gasteiger partial charge on any atom is 0.191 e. The first-order chi connectivity index (χ1) is 14.8. The number of morpholine rings is 1. The highest BCUT2D eigenvalue weighted by Crippen LogP contribution is 2.22. The van der Waals surface area contributed by atoms with Crippen LogP contribution in [0.5, 0.6) is 0 Å². The molecule has 164 valence electrons. The van der Waals surface area contributed by atoms with Crippen molar-refractivity contribution in [1.82, 2.24) is 15.5 Å². The third-order valence-electron chi connectivity index (χ3n) is 5.01. The van der Waals surface area contributed by atoms with E-state index in [-0.39, 0.29) is 11.9 Å². The highest BCUT2D eigenvalue weighted by Gasteiger charge is 2.22. The van der Waals surface area contributed by atoms with Gasteiger partial charge in [0.15, 0.2) is 5.96 Å². The Labute approximate surface area is 182 Å². The predicted octanol–water partition coefficient (Wildman–Crippen LogP) is 2.93. The number of hydrogen-bond acceptors (Lipinski definition) is 5. The fourth-order valence-electron chi connectivity index (χ4n) is 3.39. The molecule has 1 fully saturated rings. The molecule has 6 nitrogen and oxygen atoms in total. The SMILES string of the molecule is CSCCNC(=NCC(c1ccc(F)cc1)N1CCOCC1)NCCc1ccco1. The Balaban J connectivity index is 1.67. The highest BCUT2D eigenvalue weighted by molar-refractivity contribution is 7.98. The van der Waals surface area contributed by atoms with Crippen LogP contribution in [0.25, 0.3) is 0 Å². The Morgan fingerprint density at radius 2 is 1.93 bits per heavy atom. The van der Waals surface area contributed by atoms with Crippen molar-refractivity contribution in [2.24, 2.45) is 4.99 Å². The topological polar surface area (TPSA) is 62.0 Å². The summed E-state index contributed by atoms with van der Waals surface area (Å²) in [7, 11) is 0. The number of benzene rings is 1. The average molecular weight is 435 g/mol. The smallest absolute Gasteiger partial charge is 0.191 e. The van der Waals surface area contributed by atoms with Gasteiger partial charge in [-0.1, -0.05) is 12.1 Å². The number of nitrogens with zero attached hydrogens (tertiary/aromatic N) is 2. The number of aliphatic imine (C=N–C) groups is 1. The molecule has 1 aromatic heterocycles. The van der Waals surface area contributed by atoms with Gasteiger partial charge in [0.25, 0.3) is 0 Å². The van der Waals surface area contributed by atoms with Gasteiger partial charge >= 0.3 is 0 Å². The summed E-state index contributed by atoms with van der Waals surface area (Å²) in [5, 5.41) is 6.81. The van der Waals surface area contributed by atoms with Crippen molar-refractivity contribution in [3.8, 4) is 0 Å². The molecule has 0 bridgehead atoms. The Hall–Kier alpha value is -2.03. The maximum atomic E-state index is 13.4. The lowest BCUT2D eigenvalue weighted by Crippen LogP contribution is -2.42. The van der Waals surface area contributed by atoms with Crippen molar-refractivity contribution in [1.29, 1.82) is 0 Å². The first kappa shape index (κ1) is 22.7. The van der Waals surface area contributed by atoms with E-state index in [1.54, 1.807) is 18.0 Å². The van der Waals surface area contributed by atoms with Crippen molar-refractivity contribution in [3.63, 3.8) is 0 Å². The Kier molecular flexibility index (Phi) is 9.53. The molecule has 0 amide bonds. The molecule has 0 radical (unpaired) electrons. The van der Waals surface area contributed by atoms with Crippen molar-refractivity contribution >= 4 is 17.7 Å². The van der Waals surface area contributed by atoms with Crippen molar-refractivity contribution in [2.75, 3.05) is 57.9 Å². The van der Waals surface area contributed by atoms with Crippen molar-refractivity contribution < 1.29 is 13.5 Å². The van der Waals surface area contributed by atoms with Gasteiger partial charge < -0.3 is 19.8 Å². The fourth-order valence-corrected chi connectivity index (χ4v) is 3.69. The average Bonchev–Trinajstić information content (AvgIpc) is 3.29. The van der Waals surface area contributed by atoms with Crippen LogP contribution in [0.2, 0.25) is 0 Å². The maximum absolute atomic E-state index is 13.4. The molecule has 1 aromatic carbocycles. The standard InChI is InChI=1S/C22H31FN4O2S/c1-30-16-10-25-22(24-9-8-20-3-2-13-29-20)26-17-21(27-11-14-28-15-12-27)18-4-6-19(23)7-5-18/h2-7,13,21H,8-12,14-17H2,1H3,(H2,24,25,26). The van der Waals surface area contributed by atoms with Crippen LogP contribution in [0, 0.1) is 5.82 Å². The second kappa shape index (κ2) is 12.6. The van der Waals surface area contributed by atoms with Crippen LogP contribution in [-0.4, -0.2) is 68.8 Å². The van der Waals surface area contributed by atoms with Gasteiger partial charge in [0.2, 0.25) is 0 Å². The first-order valence-corrected chi connectivity index (χ1v) is 11.8. The number of furan rings is 1. The molecular weight excluding hydrogens is 403 g/mol. The molecule has 1 aliphatic heterocycles. The molecule has 8 heteroatoms. The van der Waals surface area contributed by atoms with Crippen molar-refractivity contribution in [2.45, 2.75) is 12.5 Å². The monoisotopic (exact) mass is 434 g/mol. The molecule has 2 aromatic rings. The summed E-state index contributed by atoms with van der Waals surface area (Å²) < 4.78 is 24.4. The Morgan fingerprint density at radius 3 is 2.63 bits per heavy atom. The second-order valence-corrected chi connectivity index (χ2v) is 8.07. The van der Waals surface area contributed by atoms with Crippen LogP contribution in [0.4, 0.5) is 4.39 Å². The van der Waals surface area contributed by atoms with E-state index in [9.17, 15) is 4.39 Å². The van der Waals surface area contributed by atoms with Gasteiger partial charge in [-0.3, -0.25) is 9.89 Å². The minimum atomic E-state index is -0.220. The van der Waals surface area contributed by atoms with E-state index in [2.05, 4.69) is 21.8 Å². The van der Waals surface area contributed by atoms with E-state index in [0.29, 0.717) is 19.8 Å². The molecule has 0 spiro atoms. The number of nitrogens with one attached hydrogen (secondary N) is 2. The Morgan fingerprint density at radius 1 is 1.17 bits per heavy atom. The molecular formula is C22H31FN4O2S. The molecule has 0 saturated carbocycles. The van der Waals surface area contributed by atoms with Gasteiger partial charge in [0.1, 0.15) is 11.6 Å². The zero-order valence-corrected chi connectivity index (χ0v) is 18.3. The zero-order valence-electron chi connectivity index (χ0n) is 17.5. The normalized spacial score (nSPS) is 16.4. The van der Waals surface area contributed by atoms with E-state index in [0.717, 1.165) is 55.6 Å². The lowest BCUT2D eigenvalue weighted by Gasteiger charge is -2.34. The van der Waals surface area contributed by atoms with E-state index < -0.39 is 0 Å². The number of ether oxygens (including phenoxy) is 1. The number of halogens is 1. The van der Waals surface area contributed by atoms with E-state index in [4.69, 9.17) is 14.1 Å². The summed E-state index contributed by atoms with van der Waals surface area (Å²) >= 11 is 1.79. The lowest BCUT2D eigenvalue weighted by atomic mass is 10.0. The molecule has 2 N–H and O–H groups in total. The zero-order chi connectivity index (χ0) is 21.0. The summed E-state index contributed by atoms with van der Waals surface area (Å²) in [6.45, 7) is 5.27. The summed E-state index contributed by atoms with van der Waals surface area (Å²) in [4.78, 5) is 7.23.